The lowest BCUT2D eigenvalue weighted by Crippen LogP contribution is -2.25. The Balaban J connectivity index is 1.82. The smallest absolute Gasteiger partial charge is 0.228 e. The van der Waals surface area contributed by atoms with Crippen molar-refractivity contribution >= 4 is 11.7 Å². The number of ether oxygens (including phenoxy) is 1. The summed E-state index contributed by atoms with van der Waals surface area (Å²) in [4.78, 5) is 15.9. The minimum Gasteiger partial charge on any atom is -0.378 e. The van der Waals surface area contributed by atoms with Crippen LogP contribution in [0.2, 0.25) is 0 Å². The molecule has 1 amide bonds. The molecule has 1 aromatic rings. The second-order valence-electron chi connectivity index (χ2n) is 4.50. The second kappa shape index (κ2) is 6.47. The van der Waals surface area contributed by atoms with Crippen molar-refractivity contribution in [1.29, 1.82) is 0 Å². The summed E-state index contributed by atoms with van der Waals surface area (Å²) in [5.41, 5.74) is 6.43. The highest BCUT2D eigenvalue weighted by molar-refractivity contribution is 5.90. The Morgan fingerprint density at radius 3 is 3.00 bits per heavy atom. The van der Waals surface area contributed by atoms with Gasteiger partial charge in [-0.05, 0) is 30.9 Å². The summed E-state index contributed by atoms with van der Waals surface area (Å²) in [6, 6.07) is 3.63. The number of aromatic nitrogens is 1. The normalized spacial score (nSPS) is 19.5. The summed E-state index contributed by atoms with van der Waals surface area (Å²) in [7, 11) is 0. The standard InChI is InChI=1S/C13H19N3O2/c14-8-10-4-5-12(15-9-10)16-13(17)7-11-3-1-2-6-18-11/h4-5,9,11H,1-3,6-8,14H2,(H,15,16,17). The maximum Gasteiger partial charge on any atom is 0.228 e. The fourth-order valence-electron chi connectivity index (χ4n) is 1.99. The van der Waals surface area contributed by atoms with E-state index in [9.17, 15) is 4.79 Å². The summed E-state index contributed by atoms with van der Waals surface area (Å²) in [5, 5.41) is 2.77. The Morgan fingerprint density at radius 1 is 1.50 bits per heavy atom. The van der Waals surface area contributed by atoms with Crippen LogP contribution < -0.4 is 11.1 Å². The van der Waals surface area contributed by atoms with Gasteiger partial charge in [0.15, 0.2) is 0 Å². The minimum atomic E-state index is -0.0464. The molecule has 0 saturated carbocycles. The van der Waals surface area contributed by atoms with E-state index in [0.29, 0.717) is 18.8 Å². The summed E-state index contributed by atoms with van der Waals surface area (Å²) < 4.78 is 5.53. The summed E-state index contributed by atoms with van der Waals surface area (Å²) in [5.74, 6) is 0.517. The van der Waals surface area contributed by atoms with E-state index in [-0.39, 0.29) is 12.0 Å². The third-order valence-electron chi connectivity index (χ3n) is 3.01. The zero-order chi connectivity index (χ0) is 12.8. The van der Waals surface area contributed by atoms with Crippen LogP contribution in [0, 0.1) is 0 Å². The number of pyridine rings is 1. The van der Waals surface area contributed by atoms with Crippen molar-refractivity contribution in [2.75, 3.05) is 11.9 Å². The number of rotatable bonds is 4. The molecule has 3 N–H and O–H groups in total. The predicted octanol–water partition coefficient (Wildman–Crippen LogP) is 1.44. The first-order valence-corrected chi connectivity index (χ1v) is 6.34. The van der Waals surface area contributed by atoms with E-state index in [0.717, 1.165) is 31.4 Å². The highest BCUT2D eigenvalue weighted by Crippen LogP contribution is 2.16. The van der Waals surface area contributed by atoms with Gasteiger partial charge in [0.1, 0.15) is 5.82 Å². The van der Waals surface area contributed by atoms with Gasteiger partial charge in [0.05, 0.1) is 12.5 Å². The Bertz CT molecular complexity index is 386. The fraction of sp³-hybridized carbons (Fsp3) is 0.538. The van der Waals surface area contributed by atoms with Crippen molar-refractivity contribution < 1.29 is 9.53 Å². The van der Waals surface area contributed by atoms with E-state index >= 15 is 0 Å². The number of anilines is 1. The van der Waals surface area contributed by atoms with Crippen molar-refractivity contribution in [3.63, 3.8) is 0 Å². The lowest BCUT2D eigenvalue weighted by Gasteiger charge is -2.21. The number of hydrogen-bond acceptors (Lipinski definition) is 4. The molecule has 1 aromatic heterocycles. The molecule has 0 aliphatic carbocycles. The third-order valence-corrected chi connectivity index (χ3v) is 3.01. The van der Waals surface area contributed by atoms with Gasteiger partial charge in [0.25, 0.3) is 0 Å². The molecule has 18 heavy (non-hydrogen) atoms. The topological polar surface area (TPSA) is 77.2 Å². The van der Waals surface area contributed by atoms with Gasteiger partial charge in [-0.3, -0.25) is 4.79 Å². The molecule has 2 rings (SSSR count). The number of amides is 1. The molecule has 0 bridgehead atoms. The molecule has 0 radical (unpaired) electrons. The molecule has 0 spiro atoms. The van der Waals surface area contributed by atoms with Gasteiger partial charge in [0, 0.05) is 19.3 Å². The number of nitrogens with one attached hydrogen (secondary N) is 1. The van der Waals surface area contributed by atoms with Crippen LogP contribution in [0.4, 0.5) is 5.82 Å². The van der Waals surface area contributed by atoms with Crippen LogP contribution in [0.3, 0.4) is 0 Å². The quantitative estimate of drug-likeness (QED) is 0.846. The van der Waals surface area contributed by atoms with E-state index in [1.165, 1.54) is 0 Å². The number of nitrogens with zero attached hydrogens (tertiary/aromatic N) is 1. The monoisotopic (exact) mass is 249 g/mol. The first kappa shape index (κ1) is 13.0. The summed E-state index contributed by atoms with van der Waals surface area (Å²) in [6.07, 6.45) is 5.34. The molecule has 5 heteroatoms. The highest BCUT2D eigenvalue weighted by Gasteiger charge is 2.17. The molecule has 5 nitrogen and oxygen atoms in total. The van der Waals surface area contributed by atoms with Gasteiger partial charge in [-0.15, -0.1) is 0 Å². The van der Waals surface area contributed by atoms with Crippen molar-refractivity contribution in [2.24, 2.45) is 5.73 Å². The van der Waals surface area contributed by atoms with Gasteiger partial charge in [-0.25, -0.2) is 4.98 Å². The Labute approximate surface area is 107 Å². The predicted molar refractivity (Wildman–Crippen MR) is 69.0 cm³/mol. The fourth-order valence-corrected chi connectivity index (χ4v) is 1.99. The molecular formula is C13H19N3O2. The van der Waals surface area contributed by atoms with Gasteiger partial charge in [-0.2, -0.15) is 0 Å². The van der Waals surface area contributed by atoms with Crippen LogP contribution in [0.5, 0.6) is 0 Å². The largest absolute Gasteiger partial charge is 0.378 e. The Kier molecular flexibility index (Phi) is 4.66. The number of carbonyl (C=O) groups excluding carboxylic acids is 1. The lowest BCUT2D eigenvalue weighted by atomic mass is 10.1. The number of carbonyl (C=O) groups is 1. The average molecular weight is 249 g/mol. The van der Waals surface area contributed by atoms with Gasteiger partial charge >= 0.3 is 0 Å². The van der Waals surface area contributed by atoms with E-state index in [4.69, 9.17) is 10.5 Å². The molecule has 1 saturated heterocycles. The molecular weight excluding hydrogens is 230 g/mol. The van der Waals surface area contributed by atoms with Crippen LogP contribution in [-0.4, -0.2) is 23.6 Å². The molecule has 1 atom stereocenters. The van der Waals surface area contributed by atoms with Crippen LogP contribution in [0.25, 0.3) is 0 Å². The van der Waals surface area contributed by atoms with E-state index in [2.05, 4.69) is 10.3 Å². The van der Waals surface area contributed by atoms with Crippen LogP contribution >= 0.6 is 0 Å². The first-order chi connectivity index (χ1) is 8.78. The minimum absolute atomic E-state index is 0.0464. The highest BCUT2D eigenvalue weighted by atomic mass is 16.5. The Morgan fingerprint density at radius 2 is 2.39 bits per heavy atom. The molecule has 2 heterocycles. The lowest BCUT2D eigenvalue weighted by molar-refractivity contribution is -0.119. The molecule has 98 valence electrons. The third kappa shape index (κ3) is 3.78. The average Bonchev–Trinajstić information content (AvgIpc) is 2.40. The van der Waals surface area contributed by atoms with Gasteiger partial charge < -0.3 is 15.8 Å². The van der Waals surface area contributed by atoms with Crippen LogP contribution in [-0.2, 0) is 16.1 Å². The first-order valence-electron chi connectivity index (χ1n) is 6.34. The number of hydrogen-bond donors (Lipinski definition) is 2. The van der Waals surface area contributed by atoms with E-state index in [1.54, 1.807) is 12.3 Å². The SMILES string of the molecule is NCc1ccc(NC(=O)CC2CCCCO2)nc1. The van der Waals surface area contributed by atoms with Crippen molar-refractivity contribution in [1.82, 2.24) is 4.98 Å². The molecule has 1 aliphatic rings. The Hall–Kier alpha value is -1.46. The molecule has 1 aliphatic heterocycles. The van der Waals surface area contributed by atoms with Crippen molar-refractivity contribution in [3.8, 4) is 0 Å². The summed E-state index contributed by atoms with van der Waals surface area (Å²) >= 11 is 0. The summed E-state index contributed by atoms with van der Waals surface area (Å²) in [6.45, 7) is 1.22. The van der Waals surface area contributed by atoms with Crippen LogP contribution in [0.1, 0.15) is 31.2 Å². The van der Waals surface area contributed by atoms with E-state index < -0.39 is 0 Å². The molecule has 1 fully saturated rings. The molecule has 1 unspecified atom stereocenters. The van der Waals surface area contributed by atoms with Crippen LogP contribution in [0.15, 0.2) is 18.3 Å². The zero-order valence-electron chi connectivity index (χ0n) is 10.4. The van der Waals surface area contributed by atoms with Crippen molar-refractivity contribution in [3.05, 3.63) is 23.9 Å². The zero-order valence-corrected chi connectivity index (χ0v) is 10.4. The maximum atomic E-state index is 11.8. The second-order valence-corrected chi connectivity index (χ2v) is 4.50. The van der Waals surface area contributed by atoms with Gasteiger partial charge in [-0.1, -0.05) is 6.07 Å². The van der Waals surface area contributed by atoms with Gasteiger partial charge in [0.2, 0.25) is 5.91 Å². The van der Waals surface area contributed by atoms with Crippen molar-refractivity contribution in [2.45, 2.75) is 38.3 Å². The van der Waals surface area contributed by atoms with E-state index in [1.807, 2.05) is 6.07 Å². The molecule has 0 aromatic carbocycles. The number of nitrogens with two attached hydrogens (primary N) is 1. The maximum absolute atomic E-state index is 11.8.